The monoisotopic (exact) mass is 476 g/mol. The Kier molecular flexibility index (Phi) is 6.94. The van der Waals surface area contributed by atoms with E-state index in [1.807, 2.05) is 49.4 Å². The third-order valence-electron chi connectivity index (χ3n) is 6.72. The number of carbonyl (C=O) groups excluding carboxylic acids is 2. The van der Waals surface area contributed by atoms with E-state index in [4.69, 9.17) is 9.47 Å². The van der Waals surface area contributed by atoms with Gasteiger partial charge in [-0.15, -0.1) is 0 Å². The molecule has 0 N–H and O–H groups in total. The summed E-state index contributed by atoms with van der Waals surface area (Å²) in [5, 5.41) is 0. The fourth-order valence-corrected chi connectivity index (χ4v) is 4.93. The van der Waals surface area contributed by atoms with Gasteiger partial charge < -0.3 is 9.47 Å². The maximum Gasteiger partial charge on any atom is 0.343 e. The molecule has 180 valence electrons. The summed E-state index contributed by atoms with van der Waals surface area (Å²) < 4.78 is 12.1. The molecule has 1 aliphatic carbocycles. The van der Waals surface area contributed by atoms with E-state index in [1.165, 1.54) is 12.8 Å². The van der Waals surface area contributed by atoms with Crippen molar-refractivity contribution in [3.63, 3.8) is 0 Å². The van der Waals surface area contributed by atoms with Gasteiger partial charge in [0, 0.05) is 5.56 Å². The fraction of sp³-hybridized carbons (Fsp3) is 0.188. The van der Waals surface area contributed by atoms with E-state index in [-0.39, 0.29) is 5.75 Å². The first kappa shape index (κ1) is 23.6. The molecule has 1 aliphatic rings. The Morgan fingerprint density at radius 1 is 0.667 bits per heavy atom. The van der Waals surface area contributed by atoms with Crippen molar-refractivity contribution in [1.29, 1.82) is 0 Å². The van der Waals surface area contributed by atoms with Gasteiger partial charge in [0.15, 0.2) is 11.5 Å². The van der Waals surface area contributed by atoms with Gasteiger partial charge in [-0.05, 0) is 66.6 Å². The summed E-state index contributed by atoms with van der Waals surface area (Å²) in [7, 11) is 0. The van der Waals surface area contributed by atoms with Gasteiger partial charge in [0.1, 0.15) is 0 Å². The molecule has 0 aromatic heterocycles. The zero-order valence-electron chi connectivity index (χ0n) is 20.3. The number of aryl methyl sites for hydroxylation is 1. The normalized spacial score (nSPS) is 13.4. The molecular formula is C32H28O4. The third kappa shape index (κ3) is 4.94. The quantitative estimate of drug-likeness (QED) is 0.211. The van der Waals surface area contributed by atoms with E-state index in [1.54, 1.807) is 48.5 Å². The molecule has 0 bridgehead atoms. The largest absolute Gasteiger partial charge is 0.419 e. The average molecular weight is 477 g/mol. The molecule has 4 aromatic carbocycles. The van der Waals surface area contributed by atoms with Crippen molar-refractivity contribution in [2.75, 3.05) is 0 Å². The molecule has 4 heteroatoms. The van der Waals surface area contributed by atoms with Gasteiger partial charge in [0.05, 0.1) is 11.1 Å². The molecule has 0 spiro atoms. The highest BCUT2D eigenvalue weighted by molar-refractivity contribution is 5.95. The lowest BCUT2D eigenvalue weighted by Crippen LogP contribution is -2.15. The smallest absolute Gasteiger partial charge is 0.343 e. The van der Waals surface area contributed by atoms with E-state index in [0.717, 1.165) is 35.1 Å². The Hall–Kier alpha value is -4.18. The van der Waals surface area contributed by atoms with Crippen LogP contribution in [0.15, 0.2) is 97.1 Å². The van der Waals surface area contributed by atoms with Gasteiger partial charge in [-0.2, -0.15) is 0 Å². The molecule has 0 radical (unpaired) electrons. The van der Waals surface area contributed by atoms with Crippen molar-refractivity contribution in [3.05, 3.63) is 119 Å². The van der Waals surface area contributed by atoms with Crippen LogP contribution in [0.2, 0.25) is 0 Å². The van der Waals surface area contributed by atoms with Crippen LogP contribution in [0, 0.1) is 6.92 Å². The molecule has 1 fully saturated rings. The first-order valence-corrected chi connectivity index (χ1v) is 12.4. The molecule has 0 unspecified atom stereocenters. The minimum Gasteiger partial charge on any atom is -0.419 e. The highest BCUT2D eigenvalue weighted by Gasteiger charge is 2.29. The van der Waals surface area contributed by atoms with Crippen LogP contribution in [0.4, 0.5) is 0 Å². The second-order valence-corrected chi connectivity index (χ2v) is 9.17. The van der Waals surface area contributed by atoms with Crippen LogP contribution in [0.5, 0.6) is 11.5 Å². The summed E-state index contributed by atoms with van der Waals surface area (Å²) in [5.41, 5.74) is 4.49. The molecular weight excluding hydrogens is 448 g/mol. The SMILES string of the molecule is Cc1cc(C2CCCC2)c(-c2ccccc2)c(OC(=O)c2ccccc2)c1OC(=O)c1ccccc1. The minimum atomic E-state index is -0.497. The summed E-state index contributed by atoms with van der Waals surface area (Å²) in [6.45, 7) is 1.90. The summed E-state index contributed by atoms with van der Waals surface area (Å²) in [6.07, 6.45) is 4.49. The molecule has 0 saturated heterocycles. The van der Waals surface area contributed by atoms with Crippen LogP contribution >= 0.6 is 0 Å². The Morgan fingerprint density at radius 3 is 1.67 bits per heavy atom. The van der Waals surface area contributed by atoms with Crippen molar-refractivity contribution >= 4 is 11.9 Å². The zero-order chi connectivity index (χ0) is 24.9. The Morgan fingerprint density at radius 2 is 1.14 bits per heavy atom. The number of hydrogen-bond acceptors (Lipinski definition) is 4. The van der Waals surface area contributed by atoms with Crippen molar-refractivity contribution in [1.82, 2.24) is 0 Å². The topological polar surface area (TPSA) is 52.6 Å². The number of carbonyl (C=O) groups is 2. The second-order valence-electron chi connectivity index (χ2n) is 9.17. The van der Waals surface area contributed by atoms with Gasteiger partial charge in [-0.1, -0.05) is 85.6 Å². The van der Waals surface area contributed by atoms with Gasteiger partial charge >= 0.3 is 11.9 Å². The van der Waals surface area contributed by atoms with Crippen LogP contribution in [0.25, 0.3) is 11.1 Å². The van der Waals surface area contributed by atoms with Crippen molar-refractivity contribution in [3.8, 4) is 22.6 Å². The lowest BCUT2D eigenvalue weighted by atomic mass is 9.87. The van der Waals surface area contributed by atoms with E-state index in [0.29, 0.717) is 22.8 Å². The molecule has 5 rings (SSSR count). The maximum atomic E-state index is 13.3. The number of benzene rings is 4. The average Bonchev–Trinajstić information content (AvgIpc) is 3.47. The highest BCUT2D eigenvalue weighted by atomic mass is 16.6. The third-order valence-corrected chi connectivity index (χ3v) is 6.72. The molecule has 0 amide bonds. The van der Waals surface area contributed by atoms with E-state index >= 15 is 0 Å². The Bertz CT molecular complexity index is 1360. The molecule has 4 nitrogen and oxygen atoms in total. The fourth-order valence-electron chi connectivity index (χ4n) is 4.93. The van der Waals surface area contributed by atoms with Crippen molar-refractivity contribution in [2.45, 2.75) is 38.5 Å². The van der Waals surface area contributed by atoms with Crippen molar-refractivity contribution in [2.24, 2.45) is 0 Å². The van der Waals surface area contributed by atoms with Crippen LogP contribution in [-0.2, 0) is 0 Å². The van der Waals surface area contributed by atoms with E-state index < -0.39 is 11.9 Å². The molecule has 0 aliphatic heterocycles. The van der Waals surface area contributed by atoms with Gasteiger partial charge in [0.2, 0.25) is 0 Å². The first-order chi connectivity index (χ1) is 17.6. The van der Waals surface area contributed by atoms with Gasteiger partial charge in [-0.3, -0.25) is 0 Å². The number of rotatable bonds is 6. The van der Waals surface area contributed by atoms with E-state index in [9.17, 15) is 9.59 Å². The first-order valence-electron chi connectivity index (χ1n) is 12.4. The number of ether oxygens (including phenoxy) is 2. The Labute approximate surface area is 211 Å². The lowest BCUT2D eigenvalue weighted by Gasteiger charge is -2.23. The van der Waals surface area contributed by atoms with Gasteiger partial charge in [0.25, 0.3) is 0 Å². The predicted octanol–water partition coefficient (Wildman–Crippen LogP) is 7.76. The maximum absolute atomic E-state index is 13.3. The van der Waals surface area contributed by atoms with Gasteiger partial charge in [-0.25, -0.2) is 9.59 Å². The standard InChI is InChI=1S/C32H28O4/c1-22-21-27(23-13-11-12-14-23)28(24-15-5-2-6-16-24)30(36-32(34)26-19-9-4-10-20-26)29(22)35-31(33)25-17-7-3-8-18-25/h2-10,15-21,23H,11-14H2,1H3. The molecule has 4 aromatic rings. The molecule has 0 heterocycles. The summed E-state index contributed by atoms with van der Waals surface area (Å²) >= 11 is 0. The molecule has 0 atom stereocenters. The molecule has 36 heavy (non-hydrogen) atoms. The second kappa shape index (κ2) is 10.6. The van der Waals surface area contributed by atoms with Crippen LogP contribution in [0.3, 0.4) is 0 Å². The summed E-state index contributed by atoms with van der Waals surface area (Å²) in [6, 6.07) is 29.7. The van der Waals surface area contributed by atoms with Crippen molar-refractivity contribution < 1.29 is 19.1 Å². The van der Waals surface area contributed by atoms with Crippen LogP contribution in [-0.4, -0.2) is 11.9 Å². The van der Waals surface area contributed by atoms with E-state index in [2.05, 4.69) is 6.07 Å². The highest BCUT2D eigenvalue weighted by Crippen LogP contribution is 2.49. The summed E-state index contributed by atoms with van der Waals surface area (Å²) in [5.74, 6) is -0.0713. The number of hydrogen-bond donors (Lipinski definition) is 0. The van der Waals surface area contributed by atoms with Crippen LogP contribution in [0.1, 0.15) is 63.4 Å². The lowest BCUT2D eigenvalue weighted by molar-refractivity contribution is 0.0682. The zero-order valence-corrected chi connectivity index (χ0v) is 20.3. The number of esters is 2. The predicted molar refractivity (Wildman–Crippen MR) is 141 cm³/mol. The summed E-state index contributed by atoms with van der Waals surface area (Å²) in [4.78, 5) is 26.4. The Balaban J connectivity index is 1.69. The minimum absolute atomic E-state index is 0.272. The molecule has 1 saturated carbocycles. The van der Waals surface area contributed by atoms with Crippen LogP contribution < -0.4 is 9.47 Å².